The molecule has 9 nitrogen and oxygen atoms in total. The molecule has 34 heavy (non-hydrogen) atoms. The SMILES string of the molecule is CC(=O)O.Cc1cccc(Oc2cnc(C(=O)NCC(=O)OCc3ccccc3)c(O)c2)c1C. The number of amides is 1. The van der Waals surface area contributed by atoms with Crippen LogP contribution < -0.4 is 10.1 Å². The van der Waals surface area contributed by atoms with E-state index in [-0.39, 0.29) is 24.6 Å². The number of hydrogen-bond donors (Lipinski definition) is 3. The number of rotatable bonds is 7. The number of carbonyl (C=O) groups is 3. The highest BCUT2D eigenvalue weighted by atomic mass is 16.5. The van der Waals surface area contributed by atoms with Gasteiger partial charge in [0.15, 0.2) is 11.4 Å². The monoisotopic (exact) mass is 466 g/mol. The molecule has 1 heterocycles. The molecule has 0 saturated heterocycles. The van der Waals surface area contributed by atoms with E-state index < -0.39 is 17.8 Å². The lowest BCUT2D eigenvalue weighted by atomic mass is 10.1. The fourth-order valence-electron chi connectivity index (χ4n) is 2.65. The minimum atomic E-state index is -0.833. The molecule has 0 fully saturated rings. The smallest absolute Gasteiger partial charge is 0.325 e. The predicted molar refractivity (Wildman–Crippen MR) is 124 cm³/mol. The van der Waals surface area contributed by atoms with Crippen LogP contribution in [0.15, 0.2) is 60.8 Å². The number of aromatic hydroxyl groups is 1. The van der Waals surface area contributed by atoms with Crippen LogP contribution in [0.2, 0.25) is 0 Å². The van der Waals surface area contributed by atoms with Crippen molar-refractivity contribution >= 4 is 17.8 Å². The molecule has 1 aromatic heterocycles. The Hall–Kier alpha value is -4.40. The van der Waals surface area contributed by atoms with Crippen molar-refractivity contribution in [3.05, 3.63) is 83.2 Å². The van der Waals surface area contributed by atoms with E-state index in [1.807, 2.05) is 56.3 Å². The maximum atomic E-state index is 12.2. The number of aromatic nitrogens is 1. The minimum absolute atomic E-state index is 0.115. The molecule has 3 N–H and O–H groups in total. The molecule has 0 aliphatic rings. The van der Waals surface area contributed by atoms with Crippen molar-refractivity contribution in [2.45, 2.75) is 27.4 Å². The van der Waals surface area contributed by atoms with Crippen molar-refractivity contribution in [3.63, 3.8) is 0 Å². The second-order valence-electron chi connectivity index (χ2n) is 7.19. The Bertz CT molecular complexity index is 1140. The van der Waals surface area contributed by atoms with E-state index in [0.29, 0.717) is 11.5 Å². The van der Waals surface area contributed by atoms with Crippen LogP contribution in [0, 0.1) is 13.8 Å². The van der Waals surface area contributed by atoms with Crippen LogP contribution in [0.5, 0.6) is 17.2 Å². The number of benzene rings is 2. The van der Waals surface area contributed by atoms with Crippen molar-refractivity contribution in [1.82, 2.24) is 10.3 Å². The third-order valence-electron chi connectivity index (χ3n) is 4.48. The van der Waals surface area contributed by atoms with Crippen LogP contribution in [0.1, 0.15) is 34.1 Å². The van der Waals surface area contributed by atoms with E-state index in [1.54, 1.807) is 6.07 Å². The number of carboxylic acid groups (broad SMARTS) is 1. The summed E-state index contributed by atoms with van der Waals surface area (Å²) in [7, 11) is 0. The average molecular weight is 466 g/mol. The molecule has 0 aliphatic heterocycles. The topological polar surface area (TPSA) is 135 Å². The van der Waals surface area contributed by atoms with Crippen molar-refractivity contribution in [2.24, 2.45) is 0 Å². The van der Waals surface area contributed by atoms with Crippen molar-refractivity contribution in [2.75, 3.05) is 6.54 Å². The maximum Gasteiger partial charge on any atom is 0.325 e. The van der Waals surface area contributed by atoms with E-state index in [2.05, 4.69) is 10.3 Å². The van der Waals surface area contributed by atoms with Crippen LogP contribution in [0.4, 0.5) is 0 Å². The van der Waals surface area contributed by atoms with Gasteiger partial charge in [-0.3, -0.25) is 14.4 Å². The average Bonchev–Trinajstić information content (AvgIpc) is 2.79. The Morgan fingerprint density at radius 2 is 1.71 bits per heavy atom. The van der Waals surface area contributed by atoms with Crippen molar-refractivity contribution in [3.8, 4) is 17.2 Å². The van der Waals surface area contributed by atoms with Gasteiger partial charge in [0.05, 0.1) is 6.20 Å². The van der Waals surface area contributed by atoms with Gasteiger partial charge in [-0.1, -0.05) is 42.5 Å². The van der Waals surface area contributed by atoms with Gasteiger partial charge in [-0.25, -0.2) is 4.98 Å². The Kier molecular flexibility index (Phi) is 9.57. The predicted octanol–water partition coefficient (Wildman–Crippen LogP) is 3.76. The number of carboxylic acids is 1. The Morgan fingerprint density at radius 1 is 1.03 bits per heavy atom. The molecule has 0 aliphatic carbocycles. The molecule has 0 atom stereocenters. The number of pyridine rings is 1. The lowest BCUT2D eigenvalue weighted by molar-refractivity contribution is -0.143. The summed E-state index contributed by atoms with van der Waals surface area (Å²) in [5.41, 5.74) is 2.67. The molecule has 1 amide bonds. The number of aliphatic carboxylic acids is 1. The van der Waals surface area contributed by atoms with Crippen LogP contribution >= 0.6 is 0 Å². The van der Waals surface area contributed by atoms with Crippen LogP contribution in [0.3, 0.4) is 0 Å². The lowest BCUT2D eigenvalue weighted by Crippen LogP contribution is -2.31. The molecule has 9 heteroatoms. The second-order valence-corrected chi connectivity index (χ2v) is 7.19. The highest BCUT2D eigenvalue weighted by Crippen LogP contribution is 2.29. The van der Waals surface area contributed by atoms with Gasteiger partial charge in [-0.2, -0.15) is 0 Å². The zero-order chi connectivity index (χ0) is 25.1. The first-order valence-electron chi connectivity index (χ1n) is 10.3. The zero-order valence-electron chi connectivity index (χ0n) is 19.1. The number of nitrogens with one attached hydrogen (secondary N) is 1. The Balaban J connectivity index is 0.000000945. The molecule has 0 unspecified atom stereocenters. The summed E-state index contributed by atoms with van der Waals surface area (Å²) in [5, 5.41) is 20.0. The largest absolute Gasteiger partial charge is 0.505 e. The summed E-state index contributed by atoms with van der Waals surface area (Å²) in [4.78, 5) is 37.0. The molecule has 3 aromatic rings. The number of carbonyl (C=O) groups excluding carboxylic acids is 2. The van der Waals surface area contributed by atoms with Crippen LogP contribution in [0.25, 0.3) is 0 Å². The number of hydrogen-bond acceptors (Lipinski definition) is 7. The van der Waals surface area contributed by atoms with Crippen molar-refractivity contribution in [1.29, 1.82) is 0 Å². The van der Waals surface area contributed by atoms with E-state index in [1.165, 1.54) is 12.3 Å². The first-order chi connectivity index (χ1) is 16.2. The minimum Gasteiger partial charge on any atom is -0.505 e. The molecular formula is C25H26N2O7. The van der Waals surface area contributed by atoms with E-state index in [4.69, 9.17) is 19.4 Å². The molecular weight excluding hydrogens is 440 g/mol. The molecule has 0 radical (unpaired) electrons. The molecule has 0 bridgehead atoms. The maximum absolute atomic E-state index is 12.2. The molecule has 0 saturated carbocycles. The number of ether oxygens (including phenoxy) is 2. The molecule has 2 aromatic carbocycles. The summed E-state index contributed by atoms with van der Waals surface area (Å²) in [6.45, 7) is 4.75. The summed E-state index contributed by atoms with van der Waals surface area (Å²) in [6.07, 6.45) is 1.34. The Morgan fingerprint density at radius 3 is 2.35 bits per heavy atom. The second kappa shape index (κ2) is 12.6. The van der Waals surface area contributed by atoms with Gasteiger partial charge in [-0.05, 0) is 36.6 Å². The molecule has 0 spiro atoms. The van der Waals surface area contributed by atoms with Gasteiger partial charge < -0.3 is 25.0 Å². The Labute approximate surface area is 197 Å². The van der Waals surface area contributed by atoms with Gasteiger partial charge in [0.1, 0.15) is 24.7 Å². The summed E-state index contributed by atoms with van der Waals surface area (Å²) in [5.74, 6) is -1.55. The number of esters is 1. The highest BCUT2D eigenvalue weighted by Gasteiger charge is 2.16. The van der Waals surface area contributed by atoms with Gasteiger partial charge in [0, 0.05) is 13.0 Å². The van der Waals surface area contributed by atoms with Gasteiger partial charge in [0.25, 0.3) is 11.9 Å². The van der Waals surface area contributed by atoms with Gasteiger partial charge >= 0.3 is 5.97 Å². The highest BCUT2D eigenvalue weighted by molar-refractivity contribution is 5.96. The summed E-state index contributed by atoms with van der Waals surface area (Å²) < 4.78 is 10.8. The van der Waals surface area contributed by atoms with E-state index in [0.717, 1.165) is 23.6 Å². The lowest BCUT2D eigenvalue weighted by Gasteiger charge is -2.11. The quantitative estimate of drug-likeness (QED) is 0.448. The number of aryl methyl sites for hydroxylation is 1. The van der Waals surface area contributed by atoms with E-state index in [9.17, 15) is 14.7 Å². The zero-order valence-corrected chi connectivity index (χ0v) is 19.1. The first-order valence-corrected chi connectivity index (χ1v) is 10.3. The third-order valence-corrected chi connectivity index (χ3v) is 4.48. The van der Waals surface area contributed by atoms with Crippen molar-refractivity contribution < 1.29 is 34.1 Å². The van der Waals surface area contributed by atoms with E-state index >= 15 is 0 Å². The fourth-order valence-corrected chi connectivity index (χ4v) is 2.65. The first kappa shape index (κ1) is 25.9. The fraction of sp³-hybridized carbons (Fsp3) is 0.200. The van der Waals surface area contributed by atoms with Gasteiger partial charge in [0.2, 0.25) is 0 Å². The molecule has 3 rings (SSSR count). The standard InChI is InChI=1S/C23H22N2O5.C2H4O2/c1-15-7-6-10-20(16(15)2)30-18-11-19(26)22(24-12-18)23(28)25-13-21(27)29-14-17-8-4-3-5-9-17;1-2(3)4/h3-12,26H,13-14H2,1-2H3,(H,25,28);1H3,(H,3,4). The normalized spacial score (nSPS) is 9.85. The summed E-state index contributed by atoms with van der Waals surface area (Å²) in [6, 6.07) is 16.1. The van der Waals surface area contributed by atoms with Gasteiger partial charge in [-0.15, -0.1) is 0 Å². The van der Waals surface area contributed by atoms with Crippen LogP contribution in [-0.2, 0) is 20.9 Å². The van der Waals surface area contributed by atoms with Crippen LogP contribution in [-0.4, -0.2) is 39.6 Å². The number of nitrogens with zero attached hydrogens (tertiary/aromatic N) is 1. The third kappa shape index (κ3) is 8.27. The molecule has 178 valence electrons. The summed E-state index contributed by atoms with van der Waals surface area (Å²) >= 11 is 0.